The van der Waals surface area contributed by atoms with E-state index in [1.807, 2.05) is 0 Å². The molecule has 6 N–H and O–H groups in total. The van der Waals surface area contributed by atoms with Crippen molar-refractivity contribution in [3.63, 3.8) is 0 Å². The highest BCUT2D eigenvalue weighted by Crippen LogP contribution is 2.27. The molecule has 1 aromatic heterocycles. The zero-order chi connectivity index (χ0) is 29.1. The van der Waals surface area contributed by atoms with Gasteiger partial charge < -0.3 is 30.9 Å². The number of nitrogens with one attached hydrogen (secondary N) is 5. The lowest BCUT2D eigenvalue weighted by Gasteiger charge is -2.27. The molecule has 226 valence electrons. The lowest BCUT2D eigenvalue weighted by Crippen LogP contribution is -2.50. The molecular formula is C26H44N6O7S. The first-order chi connectivity index (χ1) is 19.1. The molecule has 0 aliphatic carbocycles. The summed E-state index contributed by atoms with van der Waals surface area (Å²) < 4.78 is 32.3. The topological polar surface area (TPSA) is 192 Å². The summed E-state index contributed by atoms with van der Waals surface area (Å²) in [5, 5.41) is 25.0. The maximum absolute atomic E-state index is 13.1. The largest absolute Gasteiger partial charge is 0.480 e. The molecule has 0 saturated carbocycles. The molecule has 14 heteroatoms. The Hall–Kier alpha value is -2.55. The van der Waals surface area contributed by atoms with Crippen LogP contribution >= 0.6 is 0 Å². The van der Waals surface area contributed by atoms with Crippen LogP contribution in [0.15, 0.2) is 9.42 Å². The van der Waals surface area contributed by atoms with Gasteiger partial charge in [0.05, 0.1) is 6.54 Å². The van der Waals surface area contributed by atoms with Gasteiger partial charge in [0.25, 0.3) is 0 Å². The third-order valence-electron chi connectivity index (χ3n) is 7.89. The van der Waals surface area contributed by atoms with Crippen LogP contribution in [0.25, 0.3) is 0 Å². The lowest BCUT2D eigenvalue weighted by atomic mass is 9.84. The maximum atomic E-state index is 13.1. The fraction of sp³-hybridized carbons (Fsp3) is 0.769. The van der Waals surface area contributed by atoms with Gasteiger partial charge in [0.1, 0.15) is 16.6 Å². The molecule has 40 heavy (non-hydrogen) atoms. The number of hydrogen-bond acceptors (Lipinski definition) is 9. The molecule has 3 rings (SSSR count). The van der Waals surface area contributed by atoms with Crippen molar-refractivity contribution < 1.29 is 32.4 Å². The number of sulfonamides is 1. The van der Waals surface area contributed by atoms with Gasteiger partial charge in [-0.3, -0.25) is 14.4 Å². The first-order valence-electron chi connectivity index (χ1n) is 14.2. The van der Waals surface area contributed by atoms with Crippen LogP contribution < -0.4 is 26.0 Å². The molecule has 3 heterocycles. The summed E-state index contributed by atoms with van der Waals surface area (Å²) in [6.07, 6.45) is 7.92. The highest BCUT2D eigenvalue weighted by atomic mass is 32.2. The van der Waals surface area contributed by atoms with E-state index in [0.29, 0.717) is 11.8 Å². The molecular weight excluding hydrogens is 540 g/mol. The molecule has 1 aromatic rings. The van der Waals surface area contributed by atoms with Gasteiger partial charge in [0, 0.05) is 12.5 Å². The van der Waals surface area contributed by atoms with Crippen LogP contribution in [0.5, 0.6) is 0 Å². The highest BCUT2D eigenvalue weighted by molar-refractivity contribution is 7.89. The predicted molar refractivity (Wildman–Crippen MR) is 147 cm³/mol. The molecule has 2 saturated heterocycles. The summed E-state index contributed by atoms with van der Waals surface area (Å²) in [6.45, 7) is 6.02. The molecule has 1 atom stereocenters. The minimum atomic E-state index is -4.25. The normalized spacial score (nSPS) is 18.0. The number of aromatic nitrogens is 1. The summed E-state index contributed by atoms with van der Waals surface area (Å²) in [7, 11) is -4.25. The fourth-order valence-corrected chi connectivity index (χ4v) is 7.01. The van der Waals surface area contributed by atoms with Gasteiger partial charge in [-0.2, -0.15) is 4.72 Å². The summed E-state index contributed by atoms with van der Waals surface area (Å²) in [5.41, 5.74) is 0.0933. The van der Waals surface area contributed by atoms with E-state index in [2.05, 4.69) is 31.1 Å². The van der Waals surface area contributed by atoms with Gasteiger partial charge in [0.15, 0.2) is 5.76 Å². The van der Waals surface area contributed by atoms with Crippen molar-refractivity contribution >= 4 is 27.8 Å². The van der Waals surface area contributed by atoms with E-state index in [4.69, 9.17) is 4.52 Å². The number of aryl methyl sites for hydroxylation is 2. The Balaban J connectivity index is 1.50. The summed E-state index contributed by atoms with van der Waals surface area (Å²) in [5.74, 6) is -1.21. The average molecular weight is 585 g/mol. The molecule has 2 aliphatic rings. The van der Waals surface area contributed by atoms with Gasteiger partial charge in [-0.15, -0.1) is 0 Å². The Morgan fingerprint density at radius 3 is 2.00 bits per heavy atom. The quantitative estimate of drug-likeness (QED) is 0.168. The van der Waals surface area contributed by atoms with E-state index in [0.717, 1.165) is 77.5 Å². The van der Waals surface area contributed by atoms with E-state index >= 15 is 0 Å². The molecule has 2 fully saturated rings. The van der Waals surface area contributed by atoms with Crippen molar-refractivity contribution in [1.29, 1.82) is 0 Å². The molecule has 13 nitrogen and oxygen atoms in total. The number of carbonyl (C=O) groups excluding carboxylic acids is 2. The standard InChI is InChI=1S/C26H44N6O7S/c1-17-24(18(2)39-31-17)40(37,38)32-22(26(35)36)15-29-23(33)16-30-25(34)21(5-3-19-7-11-27-12-8-19)6-4-20-9-13-28-14-10-20/h19-22,27-28,32H,3-16H2,1-2H3,(H,29,33)(H,30,34)(H,35,36). The Morgan fingerprint density at radius 1 is 0.975 bits per heavy atom. The molecule has 1 unspecified atom stereocenters. The van der Waals surface area contributed by atoms with Gasteiger partial charge in [0.2, 0.25) is 21.8 Å². The van der Waals surface area contributed by atoms with Crippen LogP contribution in [0, 0.1) is 31.6 Å². The van der Waals surface area contributed by atoms with Crippen LogP contribution in [0.1, 0.15) is 62.8 Å². The van der Waals surface area contributed by atoms with Gasteiger partial charge >= 0.3 is 5.97 Å². The van der Waals surface area contributed by atoms with Crippen LogP contribution in [0.3, 0.4) is 0 Å². The zero-order valence-corrected chi connectivity index (χ0v) is 24.3. The minimum absolute atomic E-state index is 0.0238. The van der Waals surface area contributed by atoms with Crippen LogP contribution in [-0.4, -0.2) is 81.8 Å². The van der Waals surface area contributed by atoms with Crippen LogP contribution in [-0.2, 0) is 24.4 Å². The van der Waals surface area contributed by atoms with Gasteiger partial charge in [-0.25, -0.2) is 8.42 Å². The molecule has 0 aromatic carbocycles. The van der Waals surface area contributed by atoms with Crippen molar-refractivity contribution in [2.45, 2.75) is 76.2 Å². The highest BCUT2D eigenvalue weighted by Gasteiger charge is 2.31. The molecule has 0 bridgehead atoms. The van der Waals surface area contributed by atoms with Crippen LogP contribution in [0.2, 0.25) is 0 Å². The Morgan fingerprint density at radius 2 is 1.52 bits per heavy atom. The lowest BCUT2D eigenvalue weighted by molar-refractivity contribution is -0.139. The first-order valence-corrected chi connectivity index (χ1v) is 15.7. The number of amides is 2. The minimum Gasteiger partial charge on any atom is -0.480 e. The van der Waals surface area contributed by atoms with Gasteiger partial charge in [-0.1, -0.05) is 5.16 Å². The van der Waals surface area contributed by atoms with Gasteiger partial charge in [-0.05, 0) is 103 Å². The number of aliphatic carboxylic acids is 1. The second kappa shape index (κ2) is 15.5. The SMILES string of the molecule is Cc1noc(C)c1S(=O)(=O)NC(CNC(=O)CNC(=O)C(CCC1CCNCC1)CCC1CCNCC1)C(=O)O. The summed E-state index contributed by atoms with van der Waals surface area (Å²) in [4.78, 5) is 37.0. The maximum Gasteiger partial charge on any atom is 0.323 e. The first kappa shape index (κ1) is 32.0. The number of carbonyl (C=O) groups is 3. The Kier molecular flexibility index (Phi) is 12.3. The van der Waals surface area contributed by atoms with E-state index in [1.54, 1.807) is 0 Å². The molecule has 0 radical (unpaired) electrons. The number of carboxylic acid groups (broad SMARTS) is 1. The Bertz CT molecular complexity index is 1060. The Labute approximate surface area is 236 Å². The second-order valence-electron chi connectivity index (χ2n) is 10.9. The number of carboxylic acids is 1. The number of piperidine rings is 2. The third kappa shape index (κ3) is 9.82. The summed E-state index contributed by atoms with van der Waals surface area (Å²) >= 11 is 0. The number of hydrogen-bond donors (Lipinski definition) is 6. The van der Waals surface area contributed by atoms with Crippen molar-refractivity contribution in [2.24, 2.45) is 17.8 Å². The zero-order valence-electron chi connectivity index (χ0n) is 23.5. The smallest absolute Gasteiger partial charge is 0.323 e. The van der Waals surface area contributed by atoms with Crippen molar-refractivity contribution in [3.05, 3.63) is 11.5 Å². The van der Waals surface area contributed by atoms with Crippen LogP contribution in [0.4, 0.5) is 0 Å². The average Bonchev–Trinajstić information content (AvgIpc) is 3.29. The van der Waals surface area contributed by atoms with Crippen molar-refractivity contribution in [2.75, 3.05) is 39.3 Å². The molecule has 0 spiro atoms. The van der Waals surface area contributed by atoms with E-state index in [9.17, 15) is 27.9 Å². The van der Waals surface area contributed by atoms with E-state index in [-0.39, 0.29) is 34.7 Å². The molecule has 2 amide bonds. The number of nitrogens with zero attached hydrogens (tertiary/aromatic N) is 1. The monoisotopic (exact) mass is 584 g/mol. The van der Waals surface area contributed by atoms with Crippen molar-refractivity contribution in [3.8, 4) is 0 Å². The van der Waals surface area contributed by atoms with E-state index < -0.39 is 34.5 Å². The second-order valence-corrected chi connectivity index (χ2v) is 12.6. The fourth-order valence-electron chi connectivity index (χ4n) is 5.50. The third-order valence-corrected chi connectivity index (χ3v) is 9.61. The summed E-state index contributed by atoms with van der Waals surface area (Å²) in [6, 6.07) is -1.62. The van der Waals surface area contributed by atoms with Crippen molar-refractivity contribution in [1.82, 2.24) is 31.1 Å². The van der Waals surface area contributed by atoms with E-state index in [1.165, 1.54) is 13.8 Å². The molecule has 2 aliphatic heterocycles. The predicted octanol–water partition coefficient (Wildman–Crippen LogP) is 0.431. The number of rotatable bonds is 15.